The number of halogens is 2. The van der Waals surface area contributed by atoms with Gasteiger partial charge in [0.15, 0.2) is 0 Å². The highest BCUT2D eigenvalue weighted by Crippen LogP contribution is 2.35. The highest BCUT2D eigenvalue weighted by molar-refractivity contribution is 6.36. The first-order valence-electron chi connectivity index (χ1n) is 6.59. The summed E-state index contributed by atoms with van der Waals surface area (Å²) in [6, 6.07) is 0.492. The van der Waals surface area contributed by atoms with Crippen molar-refractivity contribution in [3.05, 3.63) is 10.6 Å². The Morgan fingerprint density at radius 2 is 2.06 bits per heavy atom. The normalized spacial score (nSPS) is 36.4. The summed E-state index contributed by atoms with van der Waals surface area (Å²) >= 11 is 11.7. The smallest absolute Gasteiger partial charge is 0.0583 e. The van der Waals surface area contributed by atoms with Crippen molar-refractivity contribution in [2.75, 3.05) is 13.1 Å². The molecule has 1 saturated carbocycles. The molecule has 3 unspecified atom stereocenters. The summed E-state index contributed by atoms with van der Waals surface area (Å²) in [5, 5.41) is 10.8. The topological polar surface area (TPSA) is 23.5 Å². The third-order valence-electron chi connectivity index (χ3n) is 4.16. The first-order chi connectivity index (χ1) is 8.22. The van der Waals surface area contributed by atoms with Crippen molar-refractivity contribution in [1.82, 2.24) is 4.90 Å². The second kappa shape index (κ2) is 6.42. The van der Waals surface area contributed by atoms with Crippen LogP contribution in [0.5, 0.6) is 0 Å². The molecular formula is C13H21Cl2NO. The zero-order chi connectivity index (χ0) is 12.3. The predicted molar refractivity (Wildman–Crippen MR) is 72.3 cm³/mol. The van der Waals surface area contributed by atoms with E-state index in [0.29, 0.717) is 17.0 Å². The fraction of sp³-hybridized carbons (Fsp3) is 0.846. The molecule has 4 heteroatoms. The molecule has 1 aliphatic heterocycles. The standard InChI is InChI=1S/C13H21Cl2NO/c14-8-10(15)9-16-7-2-1-5-12(16)11-4-3-6-13(11)17/h8,11-13,17H,1-7,9H2. The lowest BCUT2D eigenvalue weighted by Gasteiger charge is -2.40. The SMILES string of the molecule is OC1CCCC1C1CCCCN1CC(Cl)=CCl. The molecule has 0 aromatic heterocycles. The van der Waals surface area contributed by atoms with E-state index in [-0.39, 0.29) is 6.10 Å². The Morgan fingerprint density at radius 1 is 1.24 bits per heavy atom. The molecule has 1 saturated heterocycles. The van der Waals surface area contributed by atoms with Crippen LogP contribution >= 0.6 is 23.2 Å². The molecule has 2 aliphatic rings. The molecule has 17 heavy (non-hydrogen) atoms. The van der Waals surface area contributed by atoms with Gasteiger partial charge in [-0.2, -0.15) is 0 Å². The largest absolute Gasteiger partial charge is 0.393 e. The Labute approximate surface area is 114 Å². The van der Waals surface area contributed by atoms with E-state index in [4.69, 9.17) is 23.2 Å². The Kier molecular flexibility index (Phi) is 5.16. The number of aliphatic hydroxyl groups is 1. The van der Waals surface area contributed by atoms with E-state index in [9.17, 15) is 5.11 Å². The number of nitrogens with zero attached hydrogens (tertiary/aromatic N) is 1. The minimum absolute atomic E-state index is 0.112. The van der Waals surface area contributed by atoms with Gasteiger partial charge in [0.1, 0.15) is 0 Å². The average Bonchev–Trinajstić information content (AvgIpc) is 2.76. The lowest BCUT2D eigenvalue weighted by molar-refractivity contribution is 0.0412. The van der Waals surface area contributed by atoms with Crippen LogP contribution in [0.3, 0.4) is 0 Å². The van der Waals surface area contributed by atoms with E-state index >= 15 is 0 Å². The van der Waals surface area contributed by atoms with Crippen LogP contribution in [0.1, 0.15) is 38.5 Å². The Balaban J connectivity index is 2.01. The maximum absolute atomic E-state index is 10.0. The Hall–Kier alpha value is 0.240. The van der Waals surface area contributed by atoms with Gasteiger partial charge < -0.3 is 5.11 Å². The zero-order valence-electron chi connectivity index (χ0n) is 10.1. The monoisotopic (exact) mass is 277 g/mol. The van der Waals surface area contributed by atoms with Gasteiger partial charge in [0.05, 0.1) is 6.10 Å². The predicted octanol–water partition coefficient (Wildman–Crippen LogP) is 3.32. The molecule has 1 heterocycles. The lowest BCUT2D eigenvalue weighted by Crippen LogP contribution is -2.46. The van der Waals surface area contributed by atoms with Gasteiger partial charge in [0, 0.05) is 29.1 Å². The third kappa shape index (κ3) is 3.37. The van der Waals surface area contributed by atoms with Gasteiger partial charge in [-0.05, 0) is 32.2 Å². The number of rotatable bonds is 3. The molecule has 3 atom stereocenters. The Morgan fingerprint density at radius 3 is 2.71 bits per heavy atom. The van der Waals surface area contributed by atoms with Crippen LogP contribution in [-0.4, -0.2) is 35.2 Å². The molecule has 1 N–H and O–H groups in total. The quantitative estimate of drug-likeness (QED) is 0.856. The van der Waals surface area contributed by atoms with Crippen LogP contribution < -0.4 is 0 Å². The van der Waals surface area contributed by atoms with Gasteiger partial charge in [0.25, 0.3) is 0 Å². The molecule has 0 amide bonds. The van der Waals surface area contributed by atoms with Crippen LogP contribution in [0.25, 0.3) is 0 Å². The molecule has 2 nitrogen and oxygen atoms in total. The number of hydrogen-bond acceptors (Lipinski definition) is 2. The average molecular weight is 278 g/mol. The van der Waals surface area contributed by atoms with Crippen molar-refractivity contribution in [3.63, 3.8) is 0 Å². The van der Waals surface area contributed by atoms with Crippen LogP contribution in [-0.2, 0) is 0 Å². The van der Waals surface area contributed by atoms with Gasteiger partial charge in [-0.25, -0.2) is 0 Å². The summed E-state index contributed by atoms with van der Waals surface area (Å²) < 4.78 is 0. The molecule has 0 aromatic rings. The summed E-state index contributed by atoms with van der Waals surface area (Å²) in [6.45, 7) is 1.81. The van der Waals surface area contributed by atoms with Gasteiger partial charge >= 0.3 is 0 Å². The van der Waals surface area contributed by atoms with Crippen molar-refractivity contribution < 1.29 is 5.11 Å². The van der Waals surface area contributed by atoms with Crippen LogP contribution in [0, 0.1) is 5.92 Å². The maximum atomic E-state index is 10.0. The lowest BCUT2D eigenvalue weighted by atomic mass is 9.88. The summed E-state index contributed by atoms with van der Waals surface area (Å²) in [7, 11) is 0. The van der Waals surface area contributed by atoms with Crippen LogP contribution in [0.2, 0.25) is 0 Å². The fourth-order valence-corrected chi connectivity index (χ4v) is 3.57. The molecular weight excluding hydrogens is 257 g/mol. The van der Waals surface area contributed by atoms with Crippen molar-refractivity contribution in [3.8, 4) is 0 Å². The van der Waals surface area contributed by atoms with E-state index < -0.39 is 0 Å². The highest BCUT2D eigenvalue weighted by atomic mass is 35.5. The first kappa shape index (κ1) is 13.7. The maximum Gasteiger partial charge on any atom is 0.0583 e. The second-order valence-electron chi connectivity index (χ2n) is 5.25. The van der Waals surface area contributed by atoms with Crippen molar-refractivity contribution in [2.45, 2.75) is 50.7 Å². The molecule has 0 bridgehead atoms. The molecule has 98 valence electrons. The number of likely N-dealkylation sites (tertiary alicyclic amines) is 1. The fourth-order valence-electron chi connectivity index (χ4n) is 3.34. The Bertz CT molecular complexity index is 283. The van der Waals surface area contributed by atoms with E-state index in [1.807, 2.05) is 0 Å². The van der Waals surface area contributed by atoms with E-state index in [1.54, 1.807) is 0 Å². The minimum Gasteiger partial charge on any atom is -0.393 e. The van der Waals surface area contributed by atoms with Gasteiger partial charge in [0.2, 0.25) is 0 Å². The third-order valence-corrected chi connectivity index (χ3v) is 4.77. The molecule has 1 aliphatic carbocycles. The number of hydrogen-bond donors (Lipinski definition) is 1. The van der Waals surface area contributed by atoms with Crippen molar-refractivity contribution >= 4 is 23.2 Å². The summed E-state index contributed by atoms with van der Waals surface area (Å²) in [6.07, 6.45) is 6.86. The highest BCUT2D eigenvalue weighted by Gasteiger charge is 2.36. The number of piperidine rings is 1. The van der Waals surface area contributed by atoms with Crippen LogP contribution in [0.15, 0.2) is 10.6 Å². The summed E-state index contributed by atoms with van der Waals surface area (Å²) in [5.74, 6) is 0.440. The van der Waals surface area contributed by atoms with Crippen molar-refractivity contribution in [2.24, 2.45) is 5.92 Å². The molecule has 0 radical (unpaired) electrons. The molecule has 2 fully saturated rings. The number of aliphatic hydroxyl groups excluding tert-OH is 1. The first-order valence-corrected chi connectivity index (χ1v) is 7.40. The van der Waals surface area contributed by atoms with Gasteiger partial charge in [-0.1, -0.05) is 36.0 Å². The summed E-state index contributed by atoms with van der Waals surface area (Å²) in [5.41, 5.74) is 1.46. The minimum atomic E-state index is -0.112. The molecule has 0 spiro atoms. The zero-order valence-corrected chi connectivity index (χ0v) is 11.6. The van der Waals surface area contributed by atoms with Crippen LogP contribution in [0.4, 0.5) is 0 Å². The molecule has 2 rings (SSSR count). The van der Waals surface area contributed by atoms with E-state index in [0.717, 1.165) is 32.4 Å². The van der Waals surface area contributed by atoms with E-state index in [1.165, 1.54) is 24.8 Å². The second-order valence-corrected chi connectivity index (χ2v) is 5.96. The van der Waals surface area contributed by atoms with Gasteiger partial charge in [-0.15, -0.1) is 0 Å². The summed E-state index contributed by atoms with van der Waals surface area (Å²) in [4.78, 5) is 2.41. The van der Waals surface area contributed by atoms with E-state index in [2.05, 4.69) is 4.90 Å². The van der Waals surface area contributed by atoms with Crippen molar-refractivity contribution in [1.29, 1.82) is 0 Å². The van der Waals surface area contributed by atoms with Gasteiger partial charge in [-0.3, -0.25) is 4.90 Å². The molecule has 0 aromatic carbocycles.